The van der Waals surface area contributed by atoms with E-state index in [2.05, 4.69) is 0 Å². The monoisotopic (exact) mass is 349 g/mol. The summed E-state index contributed by atoms with van der Waals surface area (Å²) < 4.78 is 10.8. The Bertz CT molecular complexity index is 538. The van der Waals surface area contributed by atoms with E-state index in [0.717, 1.165) is 25.9 Å². The maximum atomic E-state index is 11.9. The first-order valence-electron chi connectivity index (χ1n) is 6.46. The van der Waals surface area contributed by atoms with Crippen LogP contribution in [0.25, 0.3) is 0 Å². The van der Waals surface area contributed by atoms with Gasteiger partial charge in [-0.2, -0.15) is 0 Å². The Kier molecular flexibility index (Phi) is 6.03. The highest BCUT2D eigenvalue weighted by Gasteiger charge is 2.20. The molecule has 1 aromatic carbocycles. The number of carbonyl (C=O) groups is 1. The molecule has 1 aromatic rings. The van der Waals surface area contributed by atoms with E-state index in [1.165, 1.54) is 6.08 Å². The Hall–Kier alpha value is -1.10. The molecule has 0 N–H and O–H groups in total. The zero-order chi connectivity index (χ0) is 15.2. The van der Waals surface area contributed by atoms with Crippen molar-refractivity contribution in [3.8, 4) is 11.5 Å². The third-order valence-corrected chi connectivity index (χ3v) is 3.57. The van der Waals surface area contributed by atoms with Crippen molar-refractivity contribution >= 4 is 40.9 Å². The number of likely N-dealkylation sites (tertiary alicyclic amines) is 1. The Labute approximate surface area is 138 Å². The number of halogens is 3. The molecule has 1 aliphatic heterocycles. The molecule has 1 aliphatic rings. The maximum Gasteiger partial charge on any atom is 0.415 e. The van der Waals surface area contributed by atoms with Gasteiger partial charge in [0.05, 0.1) is 5.02 Å². The minimum atomic E-state index is -0.357. The van der Waals surface area contributed by atoms with E-state index in [0.29, 0.717) is 16.5 Å². The number of hydrogen-bond acceptors (Lipinski definition) is 3. The van der Waals surface area contributed by atoms with Gasteiger partial charge in [-0.15, -0.1) is 0 Å². The highest BCUT2D eigenvalue weighted by Crippen LogP contribution is 2.29. The lowest BCUT2D eigenvalue weighted by molar-refractivity contribution is 0.162. The molecule has 1 fully saturated rings. The molecule has 1 heterocycles. The second-order valence-corrected chi connectivity index (χ2v) is 5.87. The summed E-state index contributed by atoms with van der Waals surface area (Å²) in [4.78, 5) is 13.6. The van der Waals surface area contributed by atoms with Crippen LogP contribution in [0.4, 0.5) is 4.79 Å². The van der Waals surface area contributed by atoms with Crippen LogP contribution in [0.3, 0.4) is 0 Å². The van der Waals surface area contributed by atoms with E-state index in [4.69, 9.17) is 44.3 Å². The molecule has 0 unspecified atom stereocenters. The molecule has 0 spiro atoms. The first-order valence-corrected chi connectivity index (χ1v) is 7.60. The van der Waals surface area contributed by atoms with Crippen LogP contribution in [-0.4, -0.2) is 30.7 Å². The van der Waals surface area contributed by atoms with Crippen molar-refractivity contribution in [2.45, 2.75) is 12.8 Å². The summed E-state index contributed by atoms with van der Waals surface area (Å²) in [5, 5.41) is 0.412. The van der Waals surface area contributed by atoms with Crippen molar-refractivity contribution < 1.29 is 14.3 Å². The van der Waals surface area contributed by atoms with Gasteiger partial charge in [0.1, 0.15) is 22.6 Å². The van der Waals surface area contributed by atoms with Crippen LogP contribution in [-0.2, 0) is 0 Å². The molecule has 2 rings (SSSR count). The summed E-state index contributed by atoms with van der Waals surface area (Å²) in [7, 11) is 0. The van der Waals surface area contributed by atoms with Crippen molar-refractivity contribution in [1.29, 1.82) is 0 Å². The number of nitrogens with zero attached hydrogens (tertiary/aromatic N) is 1. The van der Waals surface area contributed by atoms with Crippen molar-refractivity contribution in [3.63, 3.8) is 0 Å². The van der Waals surface area contributed by atoms with Gasteiger partial charge in [-0.05, 0) is 31.1 Å². The Morgan fingerprint density at radius 2 is 2.00 bits per heavy atom. The van der Waals surface area contributed by atoms with Crippen LogP contribution in [0.1, 0.15) is 12.8 Å². The Morgan fingerprint density at radius 1 is 1.29 bits per heavy atom. The summed E-state index contributed by atoms with van der Waals surface area (Å²) in [6.07, 6.45) is 3.15. The van der Waals surface area contributed by atoms with Crippen LogP contribution >= 0.6 is 34.8 Å². The second kappa shape index (κ2) is 7.78. The summed E-state index contributed by atoms with van der Waals surface area (Å²) in [5.41, 5.74) is 0. The summed E-state index contributed by atoms with van der Waals surface area (Å²) in [6, 6.07) is 4.79. The van der Waals surface area contributed by atoms with Crippen molar-refractivity contribution in [1.82, 2.24) is 4.90 Å². The first-order chi connectivity index (χ1) is 10.1. The summed E-state index contributed by atoms with van der Waals surface area (Å²) in [6.45, 7) is 1.63. The molecule has 21 heavy (non-hydrogen) atoms. The molecule has 0 radical (unpaired) electrons. The van der Waals surface area contributed by atoms with Gasteiger partial charge in [0.25, 0.3) is 0 Å². The number of carbonyl (C=O) groups excluding carboxylic acids is 1. The van der Waals surface area contributed by atoms with Gasteiger partial charge < -0.3 is 14.4 Å². The zero-order valence-corrected chi connectivity index (χ0v) is 13.4. The van der Waals surface area contributed by atoms with Gasteiger partial charge in [0, 0.05) is 19.2 Å². The molecular formula is C14H14Cl3NO3. The molecule has 0 bridgehead atoms. The number of ether oxygens (including phenoxy) is 2. The van der Waals surface area contributed by atoms with E-state index in [9.17, 15) is 4.79 Å². The lowest BCUT2D eigenvalue weighted by Crippen LogP contribution is -2.30. The molecular weight excluding hydrogens is 337 g/mol. The molecule has 7 heteroatoms. The number of benzene rings is 1. The van der Waals surface area contributed by atoms with Gasteiger partial charge >= 0.3 is 6.09 Å². The van der Waals surface area contributed by atoms with Gasteiger partial charge in [0.2, 0.25) is 0 Å². The van der Waals surface area contributed by atoms with Crippen molar-refractivity contribution in [2.24, 2.45) is 0 Å². The van der Waals surface area contributed by atoms with Crippen LogP contribution in [0.15, 0.2) is 28.8 Å². The fraction of sp³-hybridized carbons (Fsp3) is 0.357. The molecule has 114 valence electrons. The molecule has 1 saturated heterocycles. The quantitative estimate of drug-likeness (QED) is 0.794. The van der Waals surface area contributed by atoms with E-state index in [1.54, 1.807) is 23.1 Å². The molecule has 0 atom stereocenters. The van der Waals surface area contributed by atoms with E-state index < -0.39 is 0 Å². The van der Waals surface area contributed by atoms with Crippen molar-refractivity contribution in [3.05, 3.63) is 33.8 Å². The van der Waals surface area contributed by atoms with E-state index >= 15 is 0 Å². The minimum absolute atomic E-state index is 0.114. The van der Waals surface area contributed by atoms with Crippen LogP contribution in [0, 0.1) is 0 Å². The predicted octanol–water partition coefficient (Wildman–Crippen LogP) is 4.63. The smallest absolute Gasteiger partial charge is 0.415 e. The minimum Gasteiger partial charge on any atom is -0.488 e. The summed E-state index contributed by atoms with van der Waals surface area (Å²) >= 11 is 17.0. The van der Waals surface area contributed by atoms with E-state index in [-0.39, 0.29) is 17.2 Å². The van der Waals surface area contributed by atoms with Gasteiger partial charge in [0.15, 0.2) is 0 Å². The molecule has 1 amide bonds. The molecule has 4 nitrogen and oxygen atoms in total. The lowest BCUT2D eigenvalue weighted by Gasteiger charge is -2.15. The average molecular weight is 351 g/mol. The molecule has 0 aliphatic carbocycles. The number of amides is 1. The Balaban J connectivity index is 2.00. The largest absolute Gasteiger partial charge is 0.488 e. The van der Waals surface area contributed by atoms with Gasteiger partial charge in [-0.3, -0.25) is 0 Å². The van der Waals surface area contributed by atoms with Crippen LogP contribution in [0.5, 0.6) is 11.5 Å². The highest BCUT2D eigenvalue weighted by molar-refractivity contribution is 6.55. The number of hydrogen-bond donors (Lipinski definition) is 0. The third kappa shape index (κ3) is 4.99. The average Bonchev–Trinajstić information content (AvgIpc) is 2.96. The standard InChI is InChI=1S/C14H14Cl3NO3/c15-11-4-3-10(9-12(11)20-8-5-13(16)17)21-14(19)18-6-1-2-7-18/h3-5,9H,1-2,6-8H2. The van der Waals surface area contributed by atoms with Crippen molar-refractivity contribution in [2.75, 3.05) is 19.7 Å². The van der Waals surface area contributed by atoms with Crippen LogP contribution < -0.4 is 9.47 Å². The van der Waals surface area contributed by atoms with Gasteiger partial charge in [-0.1, -0.05) is 34.8 Å². The van der Waals surface area contributed by atoms with E-state index in [1.807, 2.05) is 0 Å². The van der Waals surface area contributed by atoms with Gasteiger partial charge in [-0.25, -0.2) is 4.79 Å². The number of rotatable bonds is 4. The SMILES string of the molecule is O=C(Oc1ccc(Cl)c(OCC=C(Cl)Cl)c1)N1CCCC1. The summed E-state index contributed by atoms with van der Waals surface area (Å²) in [5.74, 6) is 0.779. The molecule has 0 aromatic heterocycles. The normalized spacial score (nSPS) is 14.0. The highest BCUT2D eigenvalue weighted by atomic mass is 35.5. The van der Waals surface area contributed by atoms with Crippen LogP contribution in [0.2, 0.25) is 5.02 Å². The first kappa shape index (κ1) is 16.3. The zero-order valence-electron chi connectivity index (χ0n) is 11.2. The molecule has 0 saturated carbocycles. The topological polar surface area (TPSA) is 38.8 Å². The third-order valence-electron chi connectivity index (χ3n) is 2.95. The fourth-order valence-electron chi connectivity index (χ4n) is 1.92. The lowest BCUT2D eigenvalue weighted by atomic mass is 10.3. The fourth-order valence-corrected chi connectivity index (χ4v) is 2.22. The second-order valence-electron chi connectivity index (χ2n) is 4.46. The Morgan fingerprint density at radius 3 is 2.67 bits per heavy atom. The predicted molar refractivity (Wildman–Crippen MR) is 83.6 cm³/mol. The maximum absolute atomic E-state index is 11.9.